The average Bonchev–Trinajstić information content (AvgIpc) is 3.63. The van der Waals surface area contributed by atoms with Crippen LogP contribution >= 0.6 is 0 Å². The molecule has 1 atom stereocenters. The van der Waals surface area contributed by atoms with Gasteiger partial charge >= 0.3 is 5.97 Å². The number of nitrogens with one attached hydrogen (secondary N) is 1. The van der Waals surface area contributed by atoms with Crippen LogP contribution in [0.2, 0.25) is 0 Å². The zero-order valence-corrected chi connectivity index (χ0v) is 19.3. The van der Waals surface area contributed by atoms with Gasteiger partial charge in [-0.15, -0.1) is 0 Å². The lowest BCUT2D eigenvalue weighted by atomic mass is 10.1. The van der Waals surface area contributed by atoms with E-state index in [2.05, 4.69) is 5.32 Å². The molecule has 3 aromatic rings. The van der Waals surface area contributed by atoms with Gasteiger partial charge in [0.15, 0.2) is 6.04 Å². The minimum absolute atomic E-state index is 0.110. The summed E-state index contributed by atoms with van der Waals surface area (Å²) in [4.78, 5) is 66.2. The number of hydrogen-bond donors (Lipinski definition) is 1. The van der Waals surface area contributed by atoms with Gasteiger partial charge in [0.2, 0.25) is 5.91 Å². The van der Waals surface area contributed by atoms with Gasteiger partial charge in [0.05, 0.1) is 36.8 Å². The molecule has 0 radical (unpaired) electrons. The molecule has 0 aliphatic carbocycles. The third-order valence-electron chi connectivity index (χ3n) is 5.48. The third kappa shape index (κ3) is 5.04. The summed E-state index contributed by atoms with van der Waals surface area (Å²) in [5.74, 6) is -2.85. The van der Waals surface area contributed by atoms with Gasteiger partial charge in [-0.05, 0) is 43.3 Å². The van der Waals surface area contributed by atoms with Gasteiger partial charge in [-0.1, -0.05) is 12.1 Å². The maximum absolute atomic E-state index is 13.6. The Morgan fingerprint density at radius 2 is 1.64 bits per heavy atom. The number of imide groups is 1. The van der Waals surface area contributed by atoms with Gasteiger partial charge in [-0.3, -0.25) is 28.9 Å². The fraction of sp³-hybridized carbons (Fsp3) is 0.240. The van der Waals surface area contributed by atoms with Crippen molar-refractivity contribution in [2.45, 2.75) is 19.5 Å². The van der Waals surface area contributed by atoms with Crippen LogP contribution in [0.1, 0.15) is 45.2 Å². The number of hydrogen-bond acceptors (Lipinski definition) is 8. The van der Waals surface area contributed by atoms with Crippen LogP contribution in [0.5, 0.6) is 0 Å². The van der Waals surface area contributed by atoms with Crippen LogP contribution in [-0.4, -0.2) is 59.1 Å². The second kappa shape index (κ2) is 10.7. The van der Waals surface area contributed by atoms with E-state index in [4.69, 9.17) is 13.6 Å². The summed E-state index contributed by atoms with van der Waals surface area (Å²) in [6.45, 7) is 0.557. The number of esters is 1. The number of nitrogens with zero attached hydrogens (tertiary/aromatic N) is 2. The highest BCUT2D eigenvalue weighted by Crippen LogP contribution is 2.27. The van der Waals surface area contributed by atoms with Crippen molar-refractivity contribution in [3.8, 4) is 0 Å². The molecule has 0 saturated carbocycles. The van der Waals surface area contributed by atoms with Crippen molar-refractivity contribution >= 4 is 29.6 Å². The minimum atomic E-state index is -1.33. The first-order valence-corrected chi connectivity index (χ1v) is 11.1. The Morgan fingerprint density at radius 1 is 0.972 bits per heavy atom. The van der Waals surface area contributed by atoms with E-state index in [1.54, 1.807) is 37.3 Å². The minimum Gasteiger partial charge on any atom is -0.467 e. The number of fused-ring (bicyclic) bond motifs is 1. The van der Waals surface area contributed by atoms with Crippen molar-refractivity contribution in [2.75, 3.05) is 19.7 Å². The van der Waals surface area contributed by atoms with Crippen LogP contribution < -0.4 is 5.32 Å². The van der Waals surface area contributed by atoms with Crippen LogP contribution in [0.3, 0.4) is 0 Å². The highest BCUT2D eigenvalue weighted by atomic mass is 16.5. The number of amides is 4. The molecule has 0 fully saturated rings. The Kier molecular flexibility index (Phi) is 7.28. The Balaban J connectivity index is 1.62. The van der Waals surface area contributed by atoms with E-state index in [9.17, 15) is 24.0 Å². The third-order valence-corrected chi connectivity index (χ3v) is 5.48. The molecule has 4 amide bonds. The molecule has 1 aromatic carbocycles. The molecule has 36 heavy (non-hydrogen) atoms. The summed E-state index contributed by atoms with van der Waals surface area (Å²) in [7, 11) is 0. The van der Waals surface area contributed by atoms with E-state index in [1.165, 1.54) is 30.7 Å². The molecule has 0 spiro atoms. The summed E-state index contributed by atoms with van der Waals surface area (Å²) in [5.41, 5.74) is 0.394. The highest BCUT2D eigenvalue weighted by molar-refractivity contribution is 6.22. The number of benzene rings is 1. The second-order valence-electron chi connectivity index (χ2n) is 7.78. The molecule has 11 nitrogen and oxygen atoms in total. The molecule has 1 aliphatic rings. The average molecular weight is 493 g/mol. The van der Waals surface area contributed by atoms with Crippen molar-refractivity contribution in [2.24, 2.45) is 0 Å². The molecule has 0 saturated heterocycles. The molecule has 4 rings (SSSR count). The maximum Gasteiger partial charge on any atom is 0.325 e. The molecule has 0 unspecified atom stereocenters. The molecular formula is C25H23N3O8. The fourth-order valence-corrected chi connectivity index (χ4v) is 3.84. The van der Waals surface area contributed by atoms with Gasteiger partial charge < -0.3 is 23.8 Å². The number of ether oxygens (including phenoxy) is 1. The maximum atomic E-state index is 13.6. The second-order valence-corrected chi connectivity index (χ2v) is 7.78. The van der Waals surface area contributed by atoms with Crippen molar-refractivity contribution in [3.05, 3.63) is 83.7 Å². The van der Waals surface area contributed by atoms with Crippen molar-refractivity contribution in [1.82, 2.24) is 15.1 Å². The monoisotopic (exact) mass is 493 g/mol. The first kappa shape index (κ1) is 24.5. The SMILES string of the molecule is CCOC(=O)CNC(=O)[C@@H](c1ccco1)N(Cc1ccco1)C(=O)CN1C(=O)c2ccccc2C1=O. The number of furan rings is 2. The molecule has 1 aliphatic heterocycles. The Bertz CT molecular complexity index is 1230. The quantitative estimate of drug-likeness (QED) is 0.334. The summed E-state index contributed by atoms with van der Waals surface area (Å²) < 4.78 is 15.7. The largest absolute Gasteiger partial charge is 0.467 e. The van der Waals surface area contributed by atoms with Crippen LogP contribution in [0.15, 0.2) is 69.9 Å². The Labute approximate surface area is 205 Å². The van der Waals surface area contributed by atoms with Gasteiger partial charge in [-0.2, -0.15) is 0 Å². The summed E-state index contributed by atoms with van der Waals surface area (Å²) >= 11 is 0. The number of rotatable bonds is 10. The van der Waals surface area contributed by atoms with Crippen LogP contribution in [-0.2, 0) is 25.7 Å². The van der Waals surface area contributed by atoms with Gasteiger partial charge in [0.1, 0.15) is 24.6 Å². The topological polar surface area (TPSA) is 139 Å². The zero-order valence-electron chi connectivity index (χ0n) is 19.3. The predicted molar refractivity (Wildman–Crippen MR) is 122 cm³/mol. The van der Waals surface area contributed by atoms with E-state index in [0.717, 1.165) is 9.80 Å². The van der Waals surface area contributed by atoms with E-state index < -0.39 is 48.7 Å². The van der Waals surface area contributed by atoms with Crippen LogP contribution in [0.4, 0.5) is 0 Å². The van der Waals surface area contributed by atoms with Crippen molar-refractivity contribution in [3.63, 3.8) is 0 Å². The summed E-state index contributed by atoms with van der Waals surface area (Å²) in [6, 6.07) is 11.2. The molecule has 11 heteroatoms. The standard InChI is InChI=1S/C25H23N3O8/c1-2-34-21(30)13-26-23(31)22(19-10-6-12-36-19)27(14-16-7-5-11-35-16)20(29)15-28-24(32)17-8-3-4-9-18(17)25(28)33/h3-12,22H,2,13-15H2,1H3,(H,26,31)/t22-/m1/s1. The highest BCUT2D eigenvalue weighted by Gasteiger charge is 2.40. The van der Waals surface area contributed by atoms with Crippen molar-refractivity contribution in [1.29, 1.82) is 0 Å². The molecule has 1 N–H and O–H groups in total. The lowest BCUT2D eigenvalue weighted by Gasteiger charge is -2.30. The Morgan fingerprint density at radius 3 is 2.22 bits per heavy atom. The van der Waals surface area contributed by atoms with E-state index in [-0.39, 0.29) is 30.0 Å². The van der Waals surface area contributed by atoms with Gasteiger partial charge in [-0.25, -0.2) is 0 Å². The lowest BCUT2D eigenvalue weighted by Crippen LogP contribution is -2.48. The smallest absolute Gasteiger partial charge is 0.325 e. The molecular weight excluding hydrogens is 470 g/mol. The fourth-order valence-electron chi connectivity index (χ4n) is 3.84. The molecule has 2 aromatic heterocycles. The first-order chi connectivity index (χ1) is 17.4. The molecule has 3 heterocycles. The summed E-state index contributed by atoms with van der Waals surface area (Å²) in [6.07, 6.45) is 2.74. The first-order valence-electron chi connectivity index (χ1n) is 11.1. The van der Waals surface area contributed by atoms with Crippen LogP contribution in [0, 0.1) is 0 Å². The van der Waals surface area contributed by atoms with Crippen LogP contribution in [0.25, 0.3) is 0 Å². The number of carbonyl (C=O) groups is 5. The zero-order chi connectivity index (χ0) is 25.7. The molecule has 0 bridgehead atoms. The number of carbonyl (C=O) groups excluding carboxylic acids is 5. The van der Waals surface area contributed by atoms with Gasteiger partial charge in [0, 0.05) is 0 Å². The van der Waals surface area contributed by atoms with Crippen molar-refractivity contribution < 1.29 is 37.5 Å². The van der Waals surface area contributed by atoms with Gasteiger partial charge in [0.25, 0.3) is 17.7 Å². The summed E-state index contributed by atoms with van der Waals surface area (Å²) in [5, 5.41) is 2.45. The van der Waals surface area contributed by atoms with E-state index >= 15 is 0 Å². The normalized spacial score (nSPS) is 13.3. The van der Waals surface area contributed by atoms with E-state index in [0.29, 0.717) is 5.76 Å². The van der Waals surface area contributed by atoms with E-state index in [1.807, 2.05) is 0 Å². The predicted octanol–water partition coefficient (Wildman–Crippen LogP) is 1.92. The Hall–Kier alpha value is -4.67. The lowest BCUT2D eigenvalue weighted by molar-refractivity contribution is -0.146. The molecule has 186 valence electrons.